The predicted octanol–water partition coefficient (Wildman–Crippen LogP) is 2.33. The number of benzene rings is 1. The standard InChI is InChI=1S/C19H24N6O/c1-4-17-21-19-20-14(2)13-18(25(19)22-17)24-11-9-23(10-12-24)15-7-5-6-8-16(15)26-3/h5-8,13H,4,9-12H2,1-3H3. The number of nitrogens with zero attached hydrogens (tertiary/aromatic N) is 6. The van der Waals surface area contributed by atoms with Crippen LogP contribution >= 0.6 is 0 Å². The molecule has 0 N–H and O–H groups in total. The summed E-state index contributed by atoms with van der Waals surface area (Å²) in [6, 6.07) is 10.3. The molecule has 0 amide bonds. The molecule has 7 nitrogen and oxygen atoms in total. The fourth-order valence-corrected chi connectivity index (χ4v) is 3.45. The summed E-state index contributed by atoms with van der Waals surface area (Å²) in [5.41, 5.74) is 2.12. The Labute approximate surface area is 153 Å². The third-order valence-electron chi connectivity index (χ3n) is 4.81. The molecule has 0 spiro atoms. The van der Waals surface area contributed by atoms with E-state index in [1.165, 1.54) is 0 Å². The van der Waals surface area contributed by atoms with E-state index in [2.05, 4.69) is 50.0 Å². The minimum atomic E-state index is 0.684. The lowest BCUT2D eigenvalue weighted by Crippen LogP contribution is -2.47. The maximum atomic E-state index is 5.51. The number of fused-ring (bicyclic) bond motifs is 1. The van der Waals surface area contributed by atoms with Crippen molar-refractivity contribution in [2.75, 3.05) is 43.1 Å². The predicted molar refractivity (Wildman–Crippen MR) is 102 cm³/mol. The van der Waals surface area contributed by atoms with Gasteiger partial charge in [0.25, 0.3) is 5.78 Å². The topological polar surface area (TPSA) is 58.8 Å². The normalized spacial score (nSPS) is 14.9. The van der Waals surface area contributed by atoms with Crippen LogP contribution in [0.15, 0.2) is 30.3 Å². The number of anilines is 2. The average Bonchev–Trinajstić information content (AvgIpc) is 3.10. The van der Waals surface area contributed by atoms with Gasteiger partial charge in [-0.05, 0) is 19.1 Å². The molecule has 1 fully saturated rings. The second kappa shape index (κ2) is 6.82. The summed E-state index contributed by atoms with van der Waals surface area (Å²) in [5.74, 6) is 3.51. The Morgan fingerprint density at radius 3 is 2.50 bits per heavy atom. The number of methoxy groups -OCH3 is 1. The van der Waals surface area contributed by atoms with E-state index >= 15 is 0 Å². The molecule has 3 heterocycles. The van der Waals surface area contributed by atoms with E-state index < -0.39 is 0 Å². The molecular weight excluding hydrogens is 328 g/mol. The highest BCUT2D eigenvalue weighted by Gasteiger charge is 2.22. The highest BCUT2D eigenvalue weighted by atomic mass is 16.5. The molecule has 1 aliphatic rings. The van der Waals surface area contributed by atoms with Crippen molar-refractivity contribution in [2.45, 2.75) is 20.3 Å². The maximum Gasteiger partial charge on any atom is 0.254 e. The van der Waals surface area contributed by atoms with Crippen LogP contribution in [0.5, 0.6) is 5.75 Å². The molecule has 4 rings (SSSR count). The first-order valence-electron chi connectivity index (χ1n) is 9.06. The van der Waals surface area contributed by atoms with Crippen molar-refractivity contribution in [1.29, 1.82) is 0 Å². The summed E-state index contributed by atoms with van der Waals surface area (Å²) in [6.45, 7) is 7.76. The van der Waals surface area contributed by atoms with Gasteiger partial charge in [-0.25, -0.2) is 4.98 Å². The van der Waals surface area contributed by atoms with E-state index in [-0.39, 0.29) is 0 Å². The van der Waals surface area contributed by atoms with Gasteiger partial charge in [0.2, 0.25) is 0 Å². The minimum absolute atomic E-state index is 0.684. The van der Waals surface area contributed by atoms with Gasteiger partial charge in [-0.1, -0.05) is 19.1 Å². The van der Waals surface area contributed by atoms with Gasteiger partial charge in [0, 0.05) is 44.4 Å². The van der Waals surface area contributed by atoms with Gasteiger partial charge < -0.3 is 14.5 Å². The van der Waals surface area contributed by atoms with Crippen molar-refractivity contribution < 1.29 is 4.74 Å². The summed E-state index contributed by atoms with van der Waals surface area (Å²) in [6.07, 6.45) is 0.809. The van der Waals surface area contributed by atoms with Crippen LogP contribution in [0.4, 0.5) is 11.5 Å². The van der Waals surface area contributed by atoms with E-state index in [4.69, 9.17) is 4.74 Å². The van der Waals surface area contributed by atoms with Crippen LogP contribution in [0.3, 0.4) is 0 Å². The van der Waals surface area contributed by atoms with E-state index in [1.54, 1.807) is 7.11 Å². The molecule has 2 aromatic heterocycles. The molecule has 3 aromatic rings. The van der Waals surface area contributed by atoms with Gasteiger partial charge in [0.05, 0.1) is 12.8 Å². The summed E-state index contributed by atoms with van der Waals surface area (Å²) < 4.78 is 7.39. The number of ether oxygens (including phenoxy) is 1. The first-order chi connectivity index (χ1) is 12.7. The Morgan fingerprint density at radius 2 is 1.77 bits per heavy atom. The van der Waals surface area contributed by atoms with Gasteiger partial charge in [-0.15, -0.1) is 5.10 Å². The lowest BCUT2D eigenvalue weighted by molar-refractivity contribution is 0.413. The minimum Gasteiger partial charge on any atom is -0.495 e. The molecule has 1 saturated heterocycles. The average molecular weight is 352 g/mol. The summed E-state index contributed by atoms with van der Waals surface area (Å²) in [7, 11) is 1.72. The zero-order valence-corrected chi connectivity index (χ0v) is 15.5. The number of hydrogen-bond acceptors (Lipinski definition) is 6. The van der Waals surface area contributed by atoms with Crippen molar-refractivity contribution in [3.63, 3.8) is 0 Å². The number of hydrogen-bond donors (Lipinski definition) is 0. The molecule has 1 aliphatic heterocycles. The van der Waals surface area contributed by atoms with E-state index in [1.807, 2.05) is 23.6 Å². The maximum absolute atomic E-state index is 5.51. The van der Waals surface area contributed by atoms with Crippen molar-refractivity contribution >= 4 is 17.3 Å². The molecule has 7 heteroatoms. The number of aryl methyl sites for hydroxylation is 2. The van der Waals surface area contributed by atoms with E-state index in [0.717, 1.165) is 61.4 Å². The number of para-hydroxylation sites is 2. The molecule has 26 heavy (non-hydrogen) atoms. The van der Waals surface area contributed by atoms with Gasteiger partial charge in [-0.3, -0.25) is 0 Å². The Morgan fingerprint density at radius 1 is 1.04 bits per heavy atom. The molecule has 136 valence electrons. The van der Waals surface area contributed by atoms with E-state index in [0.29, 0.717) is 5.78 Å². The summed E-state index contributed by atoms with van der Waals surface area (Å²) in [5, 5.41) is 4.62. The zero-order valence-electron chi connectivity index (χ0n) is 15.5. The van der Waals surface area contributed by atoms with Crippen LogP contribution in [-0.2, 0) is 6.42 Å². The highest BCUT2D eigenvalue weighted by molar-refractivity contribution is 5.60. The summed E-state index contributed by atoms with van der Waals surface area (Å²) >= 11 is 0. The van der Waals surface area contributed by atoms with Gasteiger partial charge in [0.1, 0.15) is 11.6 Å². The van der Waals surface area contributed by atoms with E-state index in [9.17, 15) is 0 Å². The van der Waals surface area contributed by atoms with Crippen LogP contribution in [0, 0.1) is 6.92 Å². The van der Waals surface area contributed by atoms with Crippen molar-refractivity contribution in [3.05, 3.63) is 41.9 Å². The fourth-order valence-electron chi connectivity index (χ4n) is 3.45. The summed E-state index contributed by atoms with van der Waals surface area (Å²) in [4.78, 5) is 13.8. The second-order valence-corrected chi connectivity index (χ2v) is 6.50. The SMILES string of the molecule is CCc1nc2nc(C)cc(N3CCN(c4ccccc4OC)CC3)n2n1. The molecule has 0 saturated carbocycles. The first-order valence-corrected chi connectivity index (χ1v) is 9.06. The Balaban J connectivity index is 1.58. The van der Waals surface area contributed by atoms with Crippen molar-refractivity contribution in [1.82, 2.24) is 19.6 Å². The number of rotatable bonds is 4. The molecular formula is C19H24N6O. The van der Waals surface area contributed by atoms with Crippen molar-refractivity contribution in [2.24, 2.45) is 0 Å². The molecule has 1 aromatic carbocycles. The van der Waals surface area contributed by atoms with Crippen LogP contribution in [0.25, 0.3) is 5.78 Å². The smallest absolute Gasteiger partial charge is 0.254 e. The molecule has 0 radical (unpaired) electrons. The second-order valence-electron chi connectivity index (χ2n) is 6.50. The lowest BCUT2D eigenvalue weighted by Gasteiger charge is -2.37. The van der Waals surface area contributed by atoms with Crippen molar-refractivity contribution in [3.8, 4) is 5.75 Å². The molecule has 0 atom stereocenters. The number of aromatic nitrogens is 4. The quantitative estimate of drug-likeness (QED) is 0.718. The van der Waals surface area contributed by atoms with Gasteiger partial charge >= 0.3 is 0 Å². The Hall–Kier alpha value is -2.83. The number of piperazine rings is 1. The third kappa shape index (κ3) is 2.94. The van der Waals surface area contributed by atoms with Crippen LogP contribution in [-0.4, -0.2) is 52.9 Å². The van der Waals surface area contributed by atoms with Gasteiger partial charge in [-0.2, -0.15) is 9.50 Å². The lowest BCUT2D eigenvalue weighted by atomic mass is 10.2. The highest BCUT2D eigenvalue weighted by Crippen LogP contribution is 2.29. The van der Waals surface area contributed by atoms with Crippen LogP contribution in [0.1, 0.15) is 18.4 Å². The zero-order chi connectivity index (χ0) is 18.1. The largest absolute Gasteiger partial charge is 0.495 e. The Kier molecular flexibility index (Phi) is 4.36. The van der Waals surface area contributed by atoms with Crippen LogP contribution < -0.4 is 14.5 Å². The monoisotopic (exact) mass is 352 g/mol. The Bertz CT molecular complexity index is 914. The van der Waals surface area contributed by atoms with Gasteiger partial charge in [0.15, 0.2) is 5.82 Å². The molecule has 0 aliphatic carbocycles. The fraction of sp³-hybridized carbons (Fsp3) is 0.421. The third-order valence-corrected chi connectivity index (χ3v) is 4.81. The molecule has 0 unspecified atom stereocenters. The first kappa shape index (κ1) is 16.6. The van der Waals surface area contributed by atoms with Crippen LogP contribution in [0.2, 0.25) is 0 Å². The molecule has 0 bridgehead atoms.